The van der Waals surface area contributed by atoms with Crippen LogP contribution in [0.1, 0.15) is 69.4 Å². The molecule has 266 valence electrons. The van der Waals surface area contributed by atoms with Gasteiger partial charge in [0.25, 0.3) is 0 Å². The number of carboxylic acid groups (broad SMARTS) is 1. The van der Waals surface area contributed by atoms with E-state index in [1.807, 2.05) is 4.90 Å². The number of nitrogens with zero attached hydrogens (tertiary/aromatic N) is 4. The number of carboxylic acids is 1. The van der Waals surface area contributed by atoms with Gasteiger partial charge in [0.2, 0.25) is 24.4 Å². The second kappa shape index (κ2) is 15.4. The lowest BCUT2D eigenvalue weighted by atomic mass is 9.84. The predicted molar refractivity (Wildman–Crippen MR) is 180 cm³/mol. The molecule has 0 aliphatic carbocycles. The van der Waals surface area contributed by atoms with Crippen LogP contribution in [0.15, 0.2) is 30.3 Å². The zero-order valence-corrected chi connectivity index (χ0v) is 28.9. The third-order valence-electron chi connectivity index (χ3n) is 10.00. The molecular weight excluding hydrogens is 635 g/mol. The minimum Gasteiger partial charge on any atom is -0.493 e. The van der Waals surface area contributed by atoms with Crippen LogP contribution in [0.3, 0.4) is 0 Å². The lowest BCUT2D eigenvalue weighted by Gasteiger charge is -2.36. The Morgan fingerprint density at radius 1 is 1.12 bits per heavy atom. The molecule has 2 aromatic rings. The molecule has 2 saturated heterocycles. The van der Waals surface area contributed by atoms with Crippen LogP contribution in [0.25, 0.3) is 0 Å². The third-order valence-corrected chi connectivity index (χ3v) is 10.00. The molecule has 12 nitrogen and oxygen atoms in total. The van der Waals surface area contributed by atoms with Crippen molar-refractivity contribution in [2.24, 2.45) is 5.92 Å². The number of likely N-dealkylation sites (tertiary alicyclic amines) is 1. The molecular formula is C36H47FN4O8. The summed E-state index contributed by atoms with van der Waals surface area (Å²) in [5.41, 5.74) is 1.71. The lowest BCUT2D eigenvalue weighted by Crippen LogP contribution is -2.52. The summed E-state index contributed by atoms with van der Waals surface area (Å²) in [6.07, 6.45) is 3.63. The number of imide groups is 1. The first-order chi connectivity index (χ1) is 23.5. The third kappa shape index (κ3) is 7.46. The molecule has 0 saturated carbocycles. The second-order valence-corrected chi connectivity index (χ2v) is 13.1. The number of ether oxygens (including phenoxy) is 3. The monoisotopic (exact) mass is 682 g/mol. The highest BCUT2D eigenvalue weighted by atomic mass is 19.1. The lowest BCUT2D eigenvalue weighted by molar-refractivity contribution is -0.143. The predicted octanol–water partition coefficient (Wildman–Crippen LogP) is 5.02. The zero-order valence-electron chi connectivity index (χ0n) is 28.9. The number of urea groups is 1. The number of carbonyl (C=O) groups excluding carboxylic acids is 3. The fourth-order valence-corrected chi connectivity index (χ4v) is 7.52. The number of hydrogen-bond acceptors (Lipinski definition) is 8. The molecule has 3 aliphatic heterocycles. The van der Waals surface area contributed by atoms with Crippen molar-refractivity contribution in [3.05, 3.63) is 47.3 Å². The first-order valence-electron chi connectivity index (χ1n) is 17.1. The van der Waals surface area contributed by atoms with Crippen molar-refractivity contribution in [1.82, 2.24) is 14.7 Å². The van der Waals surface area contributed by atoms with Gasteiger partial charge in [0.1, 0.15) is 5.82 Å². The van der Waals surface area contributed by atoms with Crippen molar-refractivity contribution in [2.45, 2.75) is 77.3 Å². The Kier molecular flexibility index (Phi) is 11.3. The molecule has 3 heterocycles. The summed E-state index contributed by atoms with van der Waals surface area (Å²) in [5.74, 6) is -2.03. The molecule has 2 aromatic carbocycles. The summed E-state index contributed by atoms with van der Waals surface area (Å²) < 4.78 is 31.2. The largest absolute Gasteiger partial charge is 0.493 e. The van der Waals surface area contributed by atoms with Crippen molar-refractivity contribution in [3.8, 4) is 17.2 Å². The van der Waals surface area contributed by atoms with Crippen LogP contribution in [0.2, 0.25) is 0 Å². The minimum atomic E-state index is -1.03. The van der Waals surface area contributed by atoms with E-state index in [9.17, 15) is 28.7 Å². The van der Waals surface area contributed by atoms with E-state index in [1.54, 1.807) is 41.0 Å². The molecule has 1 unspecified atom stereocenters. The highest BCUT2D eigenvalue weighted by molar-refractivity contribution is 5.96. The van der Waals surface area contributed by atoms with Crippen LogP contribution in [-0.4, -0.2) is 103 Å². The smallest absolute Gasteiger partial charge is 0.326 e. The number of halogens is 1. The van der Waals surface area contributed by atoms with E-state index in [2.05, 4.69) is 13.8 Å². The average molecular weight is 683 g/mol. The SMILES string of the molecule is CCCC(CCC)N(C(=O)CN1C[C@H](c2cc(OC)c3c(c2)OCO3)C(C(=O)O)[C@@H]1CCN1CCC(=O)N(C)C1=O)c1ccc(F)c(C)c1. The number of carbonyl (C=O) groups is 4. The topological polar surface area (TPSA) is 129 Å². The standard InChI is InChI=1S/C36H47FN4O8/c1-6-8-24(9-7-2)41(25-10-11-27(37)22(3)16-25)32(43)20-40-19-26(23-17-29(47-5)34-30(18-23)48-21-49-34)33(35(44)45)28(40)12-14-39-15-13-31(42)38(4)36(39)46/h10-11,16-18,24,26,28,33H,6-9,12-15,19-21H2,1-5H3,(H,44,45)/t26-,28+,33?/m1/s1. The summed E-state index contributed by atoms with van der Waals surface area (Å²) in [6.45, 7) is 6.41. The summed E-state index contributed by atoms with van der Waals surface area (Å²) in [7, 11) is 2.94. The molecule has 1 N–H and O–H groups in total. The molecule has 0 spiro atoms. The van der Waals surface area contributed by atoms with E-state index in [0.29, 0.717) is 34.1 Å². The molecule has 2 fully saturated rings. The first-order valence-corrected chi connectivity index (χ1v) is 17.1. The maximum Gasteiger partial charge on any atom is 0.326 e. The summed E-state index contributed by atoms with van der Waals surface area (Å²) >= 11 is 0. The van der Waals surface area contributed by atoms with Gasteiger partial charge in [0.05, 0.1) is 19.6 Å². The van der Waals surface area contributed by atoms with E-state index in [0.717, 1.165) is 30.6 Å². The molecule has 49 heavy (non-hydrogen) atoms. The van der Waals surface area contributed by atoms with Gasteiger partial charge in [-0.1, -0.05) is 26.7 Å². The molecule has 0 radical (unpaired) electrons. The Labute approximate surface area is 286 Å². The van der Waals surface area contributed by atoms with E-state index < -0.39 is 29.9 Å². The normalized spacial score (nSPS) is 20.8. The number of aliphatic carboxylic acids is 1. The van der Waals surface area contributed by atoms with Gasteiger partial charge >= 0.3 is 12.0 Å². The number of amides is 4. The van der Waals surface area contributed by atoms with Crippen LogP contribution in [-0.2, 0) is 14.4 Å². The minimum absolute atomic E-state index is 0.0155. The number of hydrogen-bond donors (Lipinski definition) is 1. The first kappa shape index (κ1) is 35.9. The Morgan fingerprint density at radius 2 is 1.86 bits per heavy atom. The van der Waals surface area contributed by atoms with Gasteiger partial charge in [-0.3, -0.25) is 24.2 Å². The summed E-state index contributed by atoms with van der Waals surface area (Å²) in [5, 5.41) is 10.7. The molecule has 3 aliphatic rings. The van der Waals surface area contributed by atoms with Gasteiger partial charge in [-0.2, -0.15) is 0 Å². The Morgan fingerprint density at radius 3 is 2.51 bits per heavy atom. The number of aryl methyl sites for hydroxylation is 1. The van der Waals surface area contributed by atoms with Gasteiger partial charge in [0, 0.05) is 56.8 Å². The van der Waals surface area contributed by atoms with E-state index >= 15 is 0 Å². The van der Waals surface area contributed by atoms with Gasteiger partial charge < -0.3 is 29.1 Å². The number of fused-ring (bicyclic) bond motifs is 1. The fourth-order valence-electron chi connectivity index (χ4n) is 7.52. The van der Waals surface area contributed by atoms with Gasteiger partial charge in [-0.15, -0.1) is 0 Å². The molecule has 0 aromatic heterocycles. The van der Waals surface area contributed by atoms with E-state index in [1.165, 1.54) is 20.2 Å². The summed E-state index contributed by atoms with van der Waals surface area (Å²) in [4.78, 5) is 59.1. The molecule has 4 amide bonds. The molecule has 0 bridgehead atoms. The molecule has 13 heteroatoms. The zero-order chi connectivity index (χ0) is 35.4. The Balaban J connectivity index is 1.51. The van der Waals surface area contributed by atoms with Crippen molar-refractivity contribution in [2.75, 3.05) is 52.0 Å². The Hall–Kier alpha value is -4.39. The van der Waals surface area contributed by atoms with Crippen LogP contribution < -0.4 is 19.1 Å². The highest BCUT2D eigenvalue weighted by Gasteiger charge is 2.48. The van der Waals surface area contributed by atoms with Crippen LogP contribution >= 0.6 is 0 Å². The second-order valence-electron chi connectivity index (χ2n) is 13.1. The van der Waals surface area contributed by atoms with Crippen molar-refractivity contribution >= 4 is 29.5 Å². The van der Waals surface area contributed by atoms with Gasteiger partial charge in [-0.25, -0.2) is 9.18 Å². The van der Waals surface area contributed by atoms with Crippen molar-refractivity contribution in [1.29, 1.82) is 0 Å². The molecule has 5 rings (SSSR count). The van der Waals surface area contributed by atoms with E-state index in [-0.39, 0.29) is 69.5 Å². The highest BCUT2D eigenvalue weighted by Crippen LogP contribution is 2.47. The van der Waals surface area contributed by atoms with E-state index in [4.69, 9.17) is 14.2 Å². The number of anilines is 1. The van der Waals surface area contributed by atoms with Crippen molar-refractivity contribution < 1.29 is 42.9 Å². The quantitative estimate of drug-likeness (QED) is 0.292. The summed E-state index contributed by atoms with van der Waals surface area (Å²) in [6, 6.07) is 7.03. The maximum absolute atomic E-state index is 14.5. The van der Waals surface area contributed by atoms with Crippen LogP contribution in [0, 0.1) is 18.7 Å². The van der Waals surface area contributed by atoms with Gasteiger partial charge in [0.15, 0.2) is 11.5 Å². The average Bonchev–Trinajstić information content (AvgIpc) is 3.69. The van der Waals surface area contributed by atoms with Gasteiger partial charge in [-0.05, 0) is 67.6 Å². The van der Waals surface area contributed by atoms with Crippen LogP contribution in [0.5, 0.6) is 17.2 Å². The number of rotatable bonds is 14. The Bertz CT molecular complexity index is 1560. The van der Waals surface area contributed by atoms with Crippen molar-refractivity contribution in [3.63, 3.8) is 0 Å². The number of methoxy groups -OCH3 is 1. The number of benzene rings is 2. The van der Waals surface area contributed by atoms with Crippen LogP contribution in [0.4, 0.5) is 14.9 Å². The molecule has 3 atom stereocenters. The fraction of sp³-hybridized carbons (Fsp3) is 0.556. The maximum atomic E-state index is 14.5.